The smallest absolute Gasteiger partial charge is 0.462 e. The SMILES string of the molecule is Cc1c2c3cc4c1OP(=O)(c1ccccc1)Oc1c(cc5c(c1C)OP(=O)(c1ccccc1)Oc1c(cc6c(c1C)OP(=O)(c1ccccc1)Oc1c(cc(c(c1C)OP(=O)(c1ccccc1)O2)C3CCCOC(=O)CCCCC1CCSS1)C6CCCOC(=O)CCCCC1CCSS1)C5CCCOC(=O)CCCCC1CCSS1)C4CCCOC(=O)CCCCC1CCSS1. The van der Waals surface area contributed by atoms with Gasteiger partial charge in [-0.1, -0.05) is 185 Å². The summed E-state index contributed by atoms with van der Waals surface area (Å²) in [4.78, 5) is 56.5. The Morgan fingerprint density at radius 3 is 0.636 bits per heavy atom. The van der Waals surface area contributed by atoms with E-state index in [1.54, 1.807) is 149 Å². The molecule has 8 heterocycles. The molecule has 8 aromatic rings. The van der Waals surface area contributed by atoms with Crippen molar-refractivity contribution in [3.8, 4) is 46.0 Å². The highest BCUT2D eigenvalue weighted by Gasteiger charge is 2.51. The maximum absolute atomic E-state index is 17.4. The minimum absolute atomic E-state index is 0.00832. The van der Waals surface area contributed by atoms with E-state index < -0.39 is 54.1 Å². The number of hydrogen-bond acceptors (Lipinski definition) is 28. The van der Waals surface area contributed by atoms with Crippen molar-refractivity contribution in [2.24, 2.45) is 0 Å². The van der Waals surface area contributed by atoms with Crippen LogP contribution in [0, 0.1) is 27.7 Å². The quantitative estimate of drug-likeness (QED) is 0.0114. The van der Waals surface area contributed by atoms with Crippen molar-refractivity contribution in [2.75, 3.05) is 49.4 Å². The first-order chi connectivity index (χ1) is 64.2. The lowest BCUT2D eigenvalue weighted by molar-refractivity contribution is -0.144. The van der Waals surface area contributed by atoms with Gasteiger partial charge in [-0.05, 0) is 229 Å². The van der Waals surface area contributed by atoms with Crippen LogP contribution in [0.2, 0.25) is 0 Å². The first kappa shape index (κ1) is 97.4. The summed E-state index contributed by atoms with van der Waals surface area (Å²) < 4.78 is 154. The number of hydrogen-bond donors (Lipinski definition) is 0. The lowest BCUT2D eigenvalue weighted by Crippen LogP contribution is -2.26. The fraction of sp³-hybridized carbons (Fsp3) is 0.480. The highest BCUT2D eigenvalue weighted by Crippen LogP contribution is 2.69. The zero-order valence-electron chi connectivity index (χ0n) is 75.2. The molecule has 132 heavy (non-hydrogen) atoms. The van der Waals surface area contributed by atoms with Gasteiger partial charge in [0.1, 0.15) is 46.0 Å². The molecule has 4 fully saturated rings. The largest absolute Gasteiger partial charge is 0.466 e. The first-order valence-corrected chi connectivity index (χ1v) is 62.5. The van der Waals surface area contributed by atoms with Crippen LogP contribution in [0.25, 0.3) is 0 Å². The second-order valence-electron chi connectivity index (χ2n) is 35.4. The molecule has 0 amide bonds. The fourth-order valence-corrected chi connectivity index (χ4v) is 38.3. The van der Waals surface area contributed by atoms with Crippen LogP contribution in [0.3, 0.4) is 0 Å². The van der Waals surface area contributed by atoms with Gasteiger partial charge < -0.3 is 55.1 Å². The summed E-state index contributed by atoms with van der Waals surface area (Å²) in [6.07, 6.45) is 17.9. The number of carbonyl (C=O) groups is 4. The van der Waals surface area contributed by atoms with Gasteiger partial charge in [0.05, 0.1) is 47.6 Å². The third-order valence-corrected chi connectivity index (χ3v) is 45.3. The summed E-state index contributed by atoms with van der Waals surface area (Å²) in [6.45, 7) is 7.23. The summed E-state index contributed by atoms with van der Waals surface area (Å²) in [6, 6.07) is 42.7. The Morgan fingerprint density at radius 1 is 0.273 bits per heavy atom. The van der Waals surface area contributed by atoms with Gasteiger partial charge in [-0.25, -0.2) is 18.3 Å². The lowest BCUT2D eigenvalue weighted by atomic mass is 9.75. The van der Waals surface area contributed by atoms with E-state index in [1.165, 1.54) is 0 Å². The van der Waals surface area contributed by atoms with Gasteiger partial charge >= 0.3 is 54.3 Å². The van der Waals surface area contributed by atoms with E-state index in [9.17, 15) is 19.2 Å². The van der Waals surface area contributed by atoms with Gasteiger partial charge in [0, 0.05) is 160 Å². The Hall–Kier alpha value is -6.24. The molecule has 4 atom stereocenters. The first-order valence-electron chi connectivity index (χ1n) is 46.8. The molecule has 8 bridgehead atoms. The molecule has 1 aliphatic carbocycles. The highest BCUT2D eigenvalue weighted by atomic mass is 33.1. The van der Waals surface area contributed by atoms with E-state index in [0.717, 1.165) is 100 Å². The third kappa shape index (κ3) is 22.8. The number of ether oxygens (including phenoxy) is 4. The predicted octanol–water partition coefficient (Wildman–Crippen LogP) is 27.1. The second kappa shape index (κ2) is 45.1. The van der Waals surface area contributed by atoms with Crippen molar-refractivity contribution in [2.45, 2.75) is 252 Å². The van der Waals surface area contributed by atoms with Crippen LogP contribution in [0.4, 0.5) is 0 Å². The molecule has 32 heteroatoms. The Labute approximate surface area is 807 Å². The maximum atomic E-state index is 17.4. The Kier molecular flexibility index (Phi) is 33.3. The molecule has 704 valence electrons. The standard InChI is InChI=1S/C100H116O20P4S8/c1-65-93-81-61-82-78(42-26-54-110-90(102)46-22-18-38-74-50-58-126-130-74)84-63-86-80(44-28-56-112-92(104)48-24-20-40-76-52-60-128-132-76)88-64-87-79(43-27-55-111-91(103)47-23-19-39-75-51-59-127-131-75)85-62-83(77(81)41-25-53-109-89(101)45-21-17-37-73-49-57-125-129-73)95(115-121(105,113-93)69-29-9-5-10-30-69)66(2)97(85)117-123(107,71-33-13-7-14-34-71)119-99(87)68(4)100(88)120-124(108,72-35-15-8-16-36-72)118-98(86)67(3)96(84)116-122(106,114-94(65)82)70-31-11-6-12-32-70/h5-16,29-36,61-64,73-80H,17-28,37-60H2,1-4H3. The number of unbranched alkanes of at least 4 members (excludes halogenated alkanes) is 4. The normalized spacial score (nSPS) is 24.5. The molecule has 0 N–H and O–H groups in total. The molecule has 0 radical (unpaired) electrons. The van der Waals surface area contributed by atoms with Crippen molar-refractivity contribution < 1.29 is 92.6 Å². The highest BCUT2D eigenvalue weighted by molar-refractivity contribution is 8.78. The molecule has 4 saturated heterocycles. The fourth-order valence-electron chi connectivity index (χ4n) is 19.2. The summed E-state index contributed by atoms with van der Waals surface area (Å²) in [7, 11) is -4.00. The molecular formula is C100H116O20P4S8. The summed E-state index contributed by atoms with van der Waals surface area (Å²) in [5, 5.41) is 2.92. The van der Waals surface area contributed by atoms with E-state index in [4.69, 9.17) is 55.1 Å². The van der Waals surface area contributed by atoms with Crippen LogP contribution in [-0.2, 0) is 56.4 Å². The summed E-state index contributed by atoms with van der Waals surface area (Å²) >= 11 is 0. The minimum atomic E-state index is -4.82. The Morgan fingerprint density at radius 2 is 0.462 bits per heavy atom. The van der Waals surface area contributed by atoms with Gasteiger partial charge in [0.25, 0.3) is 0 Å². The van der Waals surface area contributed by atoms with Crippen molar-refractivity contribution in [3.63, 3.8) is 0 Å². The topological polar surface area (TPSA) is 247 Å². The molecule has 20 nitrogen and oxygen atoms in total. The average Bonchev–Trinajstić information content (AvgIpc) is 0.741. The number of rotatable bonds is 40. The average molecular weight is 2020 g/mol. The van der Waals surface area contributed by atoms with Gasteiger partial charge in [0.2, 0.25) is 0 Å². The van der Waals surface area contributed by atoms with E-state index in [1.807, 2.05) is 111 Å². The van der Waals surface area contributed by atoms with Crippen LogP contribution in [0.5, 0.6) is 46.0 Å². The molecule has 0 aromatic heterocycles. The van der Waals surface area contributed by atoms with Crippen LogP contribution in [0.1, 0.15) is 270 Å². The summed E-state index contributed by atoms with van der Waals surface area (Å²) in [5.74, 6) is 0.470. The predicted molar refractivity (Wildman–Crippen MR) is 540 cm³/mol. The zero-order valence-corrected chi connectivity index (χ0v) is 85.3. The molecule has 0 saturated carbocycles. The van der Waals surface area contributed by atoms with Crippen LogP contribution in [0.15, 0.2) is 146 Å². The monoisotopic (exact) mass is 2020 g/mol. The number of carbonyl (C=O) groups excluding carboxylic acids is 4. The van der Waals surface area contributed by atoms with Crippen LogP contribution >= 0.6 is 117 Å². The Balaban J connectivity index is 0.911. The molecule has 4 unspecified atom stereocenters. The molecule has 17 rings (SSSR count). The summed E-state index contributed by atoms with van der Waals surface area (Å²) in [5.41, 5.74) is 5.16. The third-order valence-electron chi connectivity index (χ3n) is 26.2. The van der Waals surface area contributed by atoms with Gasteiger partial charge in [-0.3, -0.25) is 19.2 Å². The van der Waals surface area contributed by atoms with Gasteiger partial charge in [0.15, 0.2) is 0 Å². The van der Waals surface area contributed by atoms with E-state index >= 15 is 18.3 Å². The number of esters is 4. The molecule has 8 aliphatic heterocycles. The van der Waals surface area contributed by atoms with E-state index in [0.29, 0.717) is 91.2 Å². The van der Waals surface area contributed by atoms with E-state index in [-0.39, 0.29) is 217 Å². The van der Waals surface area contributed by atoms with Crippen LogP contribution < -0.4 is 57.4 Å². The zero-order chi connectivity index (χ0) is 91.4. The van der Waals surface area contributed by atoms with Crippen LogP contribution in [-0.4, -0.2) is 94.3 Å². The van der Waals surface area contributed by atoms with Gasteiger partial charge in [-0.15, -0.1) is 0 Å². The van der Waals surface area contributed by atoms with Crippen molar-refractivity contribution in [3.05, 3.63) is 212 Å². The second-order valence-corrected chi connectivity index (χ2v) is 54.0. The van der Waals surface area contributed by atoms with Crippen molar-refractivity contribution >= 4 is 162 Å². The maximum Gasteiger partial charge on any atom is 0.462 e. The van der Waals surface area contributed by atoms with Crippen molar-refractivity contribution in [1.82, 2.24) is 0 Å². The lowest BCUT2D eigenvalue weighted by Gasteiger charge is -2.39. The minimum Gasteiger partial charge on any atom is -0.466 e. The Bertz CT molecular complexity index is 4810. The van der Waals surface area contributed by atoms with Crippen molar-refractivity contribution in [1.29, 1.82) is 0 Å². The molecule has 9 aliphatic rings. The number of benzene rings is 8. The molecule has 8 aromatic carbocycles. The van der Waals surface area contributed by atoms with Gasteiger partial charge in [-0.2, -0.15) is 0 Å². The molecular weight excluding hydrogens is 1900 g/mol. The molecule has 0 spiro atoms. The van der Waals surface area contributed by atoms with E-state index in [2.05, 4.69) is 0 Å².